The molecule has 0 bridgehead atoms. The molecule has 0 aliphatic carbocycles. The van der Waals surface area contributed by atoms with E-state index in [0.29, 0.717) is 18.0 Å². The first-order chi connectivity index (χ1) is 9.54. The highest BCUT2D eigenvalue weighted by Gasteiger charge is 2.22. The van der Waals surface area contributed by atoms with E-state index in [1.807, 2.05) is 12.3 Å². The summed E-state index contributed by atoms with van der Waals surface area (Å²) in [6.07, 6.45) is 0. The van der Waals surface area contributed by atoms with E-state index in [2.05, 4.69) is 24.1 Å². The van der Waals surface area contributed by atoms with E-state index in [1.54, 1.807) is 6.07 Å². The fourth-order valence-corrected chi connectivity index (χ4v) is 3.05. The lowest BCUT2D eigenvalue weighted by Crippen LogP contribution is -2.23. The fraction of sp³-hybridized carbons (Fsp3) is 0.400. The molecule has 1 heterocycles. The molecule has 0 aliphatic rings. The summed E-state index contributed by atoms with van der Waals surface area (Å²) in [4.78, 5) is 4.54. The molecular weight excluding hydrogens is 278 g/mol. The van der Waals surface area contributed by atoms with Crippen molar-refractivity contribution < 1.29 is 8.78 Å². The van der Waals surface area contributed by atoms with Crippen LogP contribution in [0.3, 0.4) is 0 Å². The van der Waals surface area contributed by atoms with Crippen molar-refractivity contribution in [2.75, 3.05) is 6.54 Å². The number of thiazole rings is 1. The molecular formula is C15H18F2N2S. The summed E-state index contributed by atoms with van der Waals surface area (Å²) in [5, 5.41) is 5.91. The summed E-state index contributed by atoms with van der Waals surface area (Å²) in [7, 11) is 0. The van der Waals surface area contributed by atoms with Crippen LogP contribution in [0, 0.1) is 11.6 Å². The van der Waals surface area contributed by atoms with Gasteiger partial charge in [-0.3, -0.25) is 0 Å². The Kier molecular flexibility index (Phi) is 4.83. The van der Waals surface area contributed by atoms with Gasteiger partial charge in [0, 0.05) is 10.9 Å². The Morgan fingerprint density at radius 2 is 2.05 bits per heavy atom. The van der Waals surface area contributed by atoms with Crippen LogP contribution in [0.15, 0.2) is 23.6 Å². The van der Waals surface area contributed by atoms with Crippen molar-refractivity contribution in [1.29, 1.82) is 0 Å². The Morgan fingerprint density at radius 3 is 2.65 bits per heavy atom. The third-order valence-electron chi connectivity index (χ3n) is 3.08. The Labute approximate surface area is 121 Å². The number of halogens is 2. The first kappa shape index (κ1) is 15.1. The second kappa shape index (κ2) is 6.41. The van der Waals surface area contributed by atoms with E-state index in [4.69, 9.17) is 0 Å². The number of hydrogen-bond donors (Lipinski definition) is 1. The molecule has 1 aromatic carbocycles. The predicted octanol–water partition coefficient (Wildman–Crippen LogP) is 4.24. The van der Waals surface area contributed by atoms with Gasteiger partial charge in [-0.1, -0.05) is 32.9 Å². The van der Waals surface area contributed by atoms with Crippen LogP contribution in [0.25, 0.3) is 0 Å². The molecule has 0 fully saturated rings. The molecule has 0 radical (unpaired) electrons. The van der Waals surface area contributed by atoms with Crippen molar-refractivity contribution in [2.24, 2.45) is 0 Å². The first-order valence-electron chi connectivity index (χ1n) is 6.67. The van der Waals surface area contributed by atoms with E-state index in [-0.39, 0.29) is 0 Å². The molecule has 108 valence electrons. The van der Waals surface area contributed by atoms with Crippen molar-refractivity contribution in [1.82, 2.24) is 10.3 Å². The average Bonchev–Trinajstić information content (AvgIpc) is 2.89. The lowest BCUT2D eigenvalue weighted by atomic mass is 10.1. The summed E-state index contributed by atoms with van der Waals surface area (Å²) >= 11 is 1.47. The minimum Gasteiger partial charge on any atom is -0.304 e. The molecule has 5 heteroatoms. The largest absolute Gasteiger partial charge is 0.304 e. The van der Waals surface area contributed by atoms with Gasteiger partial charge in [-0.25, -0.2) is 13.8 Å². The van der Waals surface area contributed by atoms with Crippen LogP contribution in [-0.4, -0.2) is 11.5 Å². The molecule has 0 saturated carbocycles. The lowest BCUT2D eigenvalue weighted by molar-refractivity contribution is 0.482. The highest BCUT2D eigenvalue weighted by molar-refractivity contribution is 7.09. The summed E-state index contributed by atoms with van der Waals surface area (Å²) in [6.45, 7) is 6.70. The average molecular weight is 296 g/mol. The predicted molar refractivity (Wildman–Crippen MR) is 78.1 cm³/mol. The Bertz CT molecular complexity index is 581. The second-order valence-electron chi connectivity index (χ2n) is 4.90. The molecule has 2 rings (SSSR count). The van der Waals surface area contributed by atoms with E-state index in [0.717, 1.165) is 16.8 Å². The maximum absolute atomic E-state index is 14.0. The lowest BCUT2D eigenvalue weighted by Gasteiger charge is -2.17. The van der Waals surface area contributed by atoms with Crippen LogP contribution >= 0.6 is 11.3 Å². The number of nitrogens with zero attached hydrogens (tertiary/aromatic N) is 1. The Hall–Kier alpha value is -1.33. The highest BCUT2D eigenvalue weighted by Crippen LogP contribution is 2.29. The standard InChI is InChI=1S/C15H18F2N2S/c1-4-18-14(10-6-5-7-11(16)13(10)17)15-19-12(8-20-15)9(2)3/h5-9,14,18H,4H2,1-3H3. The van der Waals surface area contributed by atoms with Crippen molar-refractivity contribution in [3.05, 3.63) is 51.5 Å². The monoisotopic (exact) mass is 296 g/mol. The number of aromatic nitrogens is 1. The molecule has 2 nitrogen and oxygen atoms in total. The minimum atomic E-state index is -0.828. The number of hydrogen-bond acceptors (Lipinski definition) is 3. The van der Waals surface area contributed by atoms with Crippen LogP contribution < -0.4 is 5.32 Å². The van der Waals surface area contributed by atoms with Gasteiger partial charge in [-0.2, -0.15) is 0 Å². The summed E-state index contributed by atoms with van der Waals surface area (Å²) in [5.74, 6) is -1.31. The minimum absolute atomic E-state index is 0.302. The van der Waals surface area contributed by atoms with Crippen molar-refractivity contribution in [3.8, 4) is 0 Å². The topological polar surface area (TPSA) is 24.9 Å². The van der Waals surface area contributed by atoms with Crippen LogP contribution in [0.5, 0.6) is 0 Å². The summed E-state index contributed by atoms with van der Waals surface area (Å²) in [6, 6.07) is 3.84. The quantitative estimate of drug-likeness (QED) is 0.892. The molecule has 0 saturated heterocycles. The molecule has 0 aliphatic heterocycles. The summed E-state index contributed by atoms with van der Waals surface area (Å²) < 4.78 is 27.4. The molecule has 1 aromatic heterocycles. The van der Waals surface area contributed by atoms with E-state index in [1.165, 1.54) is 17.4 Å². The van der Waals surface area contributed by atoms with Gasteiger partial charge in [0.2, 0.25) is 0 Å². The van der Waals surface area contributed by atoms with Crippen LogP contribution in [0.4, 0.5) is 8.78 Å². The van der Waals surface area contributed by atoms with Gasteiger partial charge in [0.25, 0.3) is 0 Å². The maximum atomic E-state index is 14.0. The van der Waals surface area contributed by atoms with E-state index in [9.17, 15) is 8.78 Å². The van der Waals surface area contributed by atoms with Gasteiger partial charge in [-0.15, -0.1) is 11.3 Å². The van der Waals surface area contributed by atoms with Crippen molar-refractivity contribution >= 4 is 11.3 Å². The Morgan fingerprint density at radius 1 is 1.30 bits per heavy atom. The van der Waals surface area contributed by atoms with Crippen LogP contribution in [-0.2, 0) is 0 Å². The smallest absolute Gasteiger partial charge is 0.164 e. The SMILES string of the molecule is CCNC(c1nc(C(C)C)cs1)c1cccc(F)c1F. The zero-order chi connectivity index (χ0) is 14.7. The van der Waals surface area contributed by atoms with E-state index < -0.39 is 17.7 Å². The van der Waals surface area contributed by atoms with Gasteiger partial charge < -0.3 is 5.32 Å². The third kappa shape index (κ3) is 3.04. The molecule has 1 N–H and O–H groups in total. The van der Waals surface area contributed by atoms with Gasteiger partial charge in [0.15, 0.2) is 11.6 Å². The molecule has 1 unspecified atom stereocenters. The second-order valence-corrected chi connectivity index (χ2v) is 5.79. The molecule has 0 spiro atoms. The molecule has 1 atom stereocenters. The van der Waals surface area contributed by atoms with Crippen molar-refractivity contribution in [2.45, 2.75) is 32.7 Å². The Balaban J connectivity index is 2.42. The molecule has 20 heavy (non-hydrogen) atoms. The van der Waals surface area contributed by atoms with Gasteiger partial charge >= 0.3 is 0 Å². The third-order valence-corrected chi connectivity index (χ3v) is 4.01. The van der Waals surface area contributed by atoms with Gasteiger partial charge in [0.1, 0.15) is 5.01 Å². The van der Waals surface area contributed by atoms with Crippen LogP contribution in [0.2, 0.25) is 0 Å². The highest BCUT2D eigenvalue weighted by atomic mass is 32.1. The number of rotatable bonds is 5. The normalized spacial score (nSPS) is 12.9. The fourth-order valence-electron chi connectivity index (χ4n) is 1.98. The maximum Gasteiger partial charge on any atom is 0.164 e. The number of nitrogens with one attached hydrogen (secondary N) is 1. The van der Waals surface area contributed by atoms with Crippen molar-refractivity contribution in [3.63, 3.8) is 0 Å². The van der Waals surface area contributed by atoms with Gasteiger partial charge in [-0.05, 0) is 18.5 Å². The number of benzene rings is 1. The van der Waals surface area contributed by atoms with Gasteiger partial charge in [0.05, 0.1) is 11.7 Å². The van der Waals surface area contributed by atoms with E-state index >= 15 is 0 Å². The molecule has 0 amide bonds. The zero-order valence-corrected chi connectivity index (χ0v) is 12.6. The summed E-state index contributed by atoms with van der Waals surface area (Å²) in [5.41, 5.74) is 1.28. The van der Waals surface area contributed by atoms with Crippen LogP contribution in [0.1, 0.15) is 49.0 Å². The molecule has 2 aromatic rings. The zero-order valence-electron chi connectivity index (χ0n) is 11.8. The first-order valence-corrected chi connectivity index (χ1v) is 7.55.